The molecule has 0 radical (unpaired) electrons. The molecular weight excluding hydrogens is 320 g/mol. The number of thiophene rings is 1. The van der Waals surface area contributed by atoms with Crippen molar-refractivity contribution in [3.8, 4) is 0 Å². The van der Waals surface area contributed by atoms with Gasteiger partial charge in [0, 0.05) is 20.1 Å². The molecule has 3 aromatic rings. The van der Waals surface area contributed by atoms with E-state index < -0.39 is 6.10 Å². The lowest BCUT2D eigenvalue weighted by atomic mass is 10.1. The average molecular weight is 342 g/mol. The Kier molecular flexibility index (Phi) is 5.40. The Morgan fingerprint density at radius 2 is 1.96 bits per heavy atom. The topological polar surface area (TPSA) is 54.2 Å². The first-order chi connectivity index (χ1) is 11.6. The molecule has 126 valence electrons. The normalized spacial score (nSPS) is 12.7. The van der Waals surface area contributed by atoms with E-state index >= 15 is 0 Å². The fourth-order valence-electron chi connectivity index (χ4n) is 2.63. The number of rotatable bonds is 7. The molecule has 0 saturated carbocycles. The number of aromatic nitrogens is 3. The molecule has 24 heavy (non-hydrogen) atoms. The first-order valence-corrected chi connectivity index (χ1v) is 8.89. The highest BCUT2D eigenvalue weighted by atomic mass is 32.1. The third kappa shape index (κ3) is 4.08. The number of aliphatic hydroxyl groups is 1. The van der Waals surface area contributed by atoms with Gasteiger partial charge < -0.3 is 9.67 Å². The van der Waals surface area contributed by atoms with E-state index in [1.165, 1.54) is 5.56 Å². The summed E-state index contributed by atoms with van der Waals surface area (Å²) in [4.78, 5) is 2.21. The highest BCUT2D eigenvalue weighted by molar-refractivity contribution is 7.07. The van der Waals surface area contributed by atoms with Gasteiger partial charge in [-0.1, -0.05) is 30.3 Å². The van der Waals surface area contributed by atoms with E-state index in [9.17, 15) is 5.11 Å². The van der Waals surface area contributed by atoms with E-state index in [4.69, 9.17) is 0 Å². The number of hydrogen-bond donors (Lipinski definition) is 1. The van der Waals surface area contributed by atoms with Crippen molar-refractivity contribution in [1.82, 2.24) is 19.7 Å². The van der Waals surface area contributed by atoms with Crippen LogP contribution in [0, 0.1) is 6.92 Å². The Hall–Kier alpha value is -2.02. The van der Waals surface area contributed by atoms with E-state index in [0.717, 1.165) is 23.8 Å². The summed E-state index contributed by atoms with van der Waals surface area (Å²) in [6, 6.07) is 12.3. The zero-order chi connectivity index (χ0) is 16.9. The molecule has 0 saturated heterocycles. The van der Waals surface area contributed by atoms with Gasteiger partial charge in [0.05, 0.1) is 12.6 Å². The maximum Gasteiger partial charge on any atom is 0.146 e. The molecule has 1 aromatic carbocycles. The van der Waals surface area contributed by atoms with Gasteiger partial charge in [-0.05, 0) is 34.9 Å². The summed E-state index contributed by atoms with van der Waals surface area (Å²) in [5.74, 6) is 1.80. The molecule has 0 bridgehead atoms. The van der Waals surface area contributed by atoms with Gasteiger partial charge in [0.15, 0.2) is 0 Å². The smallest absolute Gasteiger partial charge is 0.146 e. The molecule has 3 rings (SSSR count). The minimum absolute atomic E-state index is 0.505. The molecule has 1 atom stereocenters. The van der Waals surface area contributed by atoms with Crippen molar-refractivity contribution in [3.63, 3.8) is 0 Å². The van der Waals surface area contributed by atoms with Gasteiger partial charge in [-0.3, -0.25) is 4.90 Å². The van der Waals surface area contributed by atoms with Crippen LogP contribution < -0.4 is 0 Å². The van der Waals surface area contributed by atoms with E-state index in [0.29, 0.717) is 13.1 Å². The molecular formula is C18H22N4OS. The Bertz CT molecular complexity index is 755. The lowest BCUT2D eigenvalue weighted by Gasteiger charge is -2.24. The largest absolute Gasteiger partial charge is 0.387 e. The van der Waals surface area contributed by atoms with Gasteiger partial charge >= 0.3 is 0 Å². The fraction of sp³-hybridized carbons (Fsp3) is 0.333. The molecule has 0 amide bonds. The maximum absolute atomic E-state index is 10.5. The van der Waals surface area contributed by atoms with Crippen LogP contribution in [-0.2, 0) is 20.1 Å². The van der Waals surface area contributed by atoms with Crippen molar-refractivity contribution in [3.05, 3.63) is 69.9 Å². The van der Waals surface area contributed by atoms with Gasteiger partial charge in [0.25, 0.3) is 0 Å². The van der Waals surface area contributed by atoms with Crippen LogP contribution >= 0.6 is 11.3 Å². The molecule has 0 fully saturated rings. The summed E-state index contributed by atoms with van der Waals surface area (Å²) in [7, 11) is 1.97. The zero-order valence-corrected chi connectivity index (χ0v) is 14.8. The second-order valence-electron chi connectivity index (χ2n) is 5.95. The second-order valence-corrected chi connectivity index (χ2v) is 6.73. The third-order valence-corrected chi connectivity index (χ3v) is 4.86. The molecule has 0 aliphatic heterocycles. The number of aryl methyl sites for hydroxylation is 1. The maximum atomic E-state index is 10.5. The van der Waals surface area contributed by atoms with Crippen molar-refractivity contribution in [1.29, 1.82) is 0 Å². The molecule has 0 aliphatic carbocycles. The van der Waals surface area contributed by atoms with Gasteiger partial charge in [-0.15, -0.1) is 10.2 Å². The first kappa shape index (κ1) is 16.8. The summed E-state index contributed by atoms with van der Waals surface area (Å²) < 4.78 is 2.00. The monoisotopic (exact) mass is 342 g/mol. The van der Waals surface area contributed by atoms with Crippen molar-refractivity contribution in [2.75, 3.05) is 6.54 Å². The quantitative estimate of drug-likeness (QED) is 0.717. The fourth-order valence-corrected chi connectivity index (χ4v) is 3.34. The highest BCUT2D eigenvalue weighted by Gasteiger charge is 2.17. The van der Waals surface area contributed by atoms with Crippen molar-refractivity contribution < 1.29 is 5.11 Å². The lowest BCUT2D eigenvalue weighted by molar-refractivity contribution is 0.103. The molecule has 1 unspecified atom stereocenters. The molecule has 2 aromatic heterocycles. The Morgan fingerprint density at radius 1 is 1.17 bits per heavy atom. The van der Waals surface area contributed by atoms with Gasteiger partial charge in [-0.2, -0.15) is 11.3 Å². The summed E-state index contributed by atoms with van der Waals surface area (Å²) in [5, 5.41) is 22.9. The molecule has 0 spiro atoms. The van der Waals surface area contributed by atoms with Crippen molar-refractivity contribution in [2.45, 2.75) is 26.1 Å². The van der Waals surface area contributed by atoms with Crippen LogP contribution in [0.4, 0.5) is 0 Å². The lowest BCUT2D eigenvalue weighted by Crippen LogP contribution is -2.29. The number of aliphatic hydroxyl groups excluding tert-OH is 1. The van der Waals surface area contributed by atoms with E-state index in [1.807, 2.05) is 53.6 Å². The molecule has 0 aliphatic rings. The molecule has 1 N–H and O–H groups in total. The zero-order valence-electron chi connectivity index (χ0n) is 14.0. The predicted molar refractivity (Wildman–Crippen MR) is 95.6 cm³/mol. The number of benzene rings is 1. The minimum Gasteiger partial charge on any atom is -0.387 e. The summed E-state index contributed by atoms with van der Waals surface area (Å²) in [6.07, 6.45) is -0.505. The second kappa shape index (κ2) is 7.70. The van der Waals surface area contributed by atoms with Crippen LogP contribution in [0.15, 0.2) is 47.2 Å². The molecule has 5 nitrogen and oxygen atoms in total. The summed E-state index contributed by atoms with van der Waals surface area (Å²) >= 11 is 1.60. The van der Waals surface area contributed by atoms with Crippen LogP contribution in [-0.4, -0.2) is 31.3 Å². The van der Waals surface area contributed by atoms with Crippen molar-refractivity contribution in [2.24, 2.45) is 7.05 Å². The third-order valence-electron chi connectivity index (χ3n) is 4.16. The van der Waals surface area contributed by atoms with Crippen LogP contribution in [0.25, 0.3) is 0 Å². The van der Waals surface area contributed by atoms with E-state index in [2.05, 4.69) is 27.2 Å². The van der Waals surface area contributed by atoms with Crippen molar-refractivity contribution >= 4 is 11.3 Å². The number of nitrogens with zero attached hydrogens (tertiary/aromatic N) is 4. The van der Waals surface area contributed by atoms with Crippen LogP contribution in [0.5, 0.6) is 0 Å². The van der Waals surface area contributed by atoms with Gasteiger partial charge in [0.2, 0.25) is 0 Å². The molecule has 2 heterocycles. The highest BCUT2D eigenvalue weighted by Crippen LogP contribution is 2.19. The summed E-state index contributed by atoms with van der Waals surface area (Å²) in [6.45, 7) is 3.90. The summed E-state index contributed by atoms with van der Waals surface area (Å²) in [5.41, 5.74) is 2.18. The standard InChI is InChI=1S/C18H22N4OS/c1-14-19-20-18(21(14)2)12-22(10-15-6-4-3-5-7-15)11-17(23)16-8-9-24-13-16/h3-9,13,17,23H,10-12H2,1-2H3. The van der Waals surface area contributed by atoms with Gasteiger partial charge in [-0.25, -0.2) is 0 Å². The Balaban J connectivity index is 1.76. The number of hydrogen-bond acceptors (Lipinski definition) is 5. The van der Waals surface area contributed by atoms with E-state index in [-0.39, 0.29) is 0 Å². The average Bonchev–Trinajstić information content (AvgIpc) is 3.22. The van der Waals surface area contributed by atoms with Crippen LogP contribution in [0.1, 0.15) is 28.9 Å². The Morgan fingerprint density at radius 3 is 2.58 bits per heavy atom. The van der Waals surface area contributed by atoms with E-state index in [1.54, 1.807) is 11.3 Å². The van der Waals surface area contributed by atoms with Gasteiger partial charge in [0.1, 0.15) is 11.6 Å². The first-order valence-electron chi connectivity index (χ1n) is 7.95. The molecule has 6 heteroatoms. The van der Waals surface area contributed by atoms with Crippen LogP contribution in [0.3, 0.4) is 0 Å². The van der Waals surface area contributed by atoms with Crippen LogP contribution in [0.2, 0.25) is 0 Å². The SMILES string of the molecule is Cc1nnc(CN(Cc2ccccc2)CC(O)c2ccsc2)n1C. The predicted octanol–water partition coefficient (Wildman–Crippen LogP) is 2.92. The Labute approximate surface area is 146 Å². The minimum atomic E-state index is -0.505.